The van der Waals surface area contributed by atoms with Crippen LogP contribution in [-0.2, 0) is 14.3 Å². The zero-order valence-electron chi connectivity index (χ0n) is 15.2. The Morgan fingerprint density at radius 1 is 1.08 bits per heavy atom. The van der Waals surface area contributed by atoms with Crippen molar-refractivity contribution in [1.29, 1.82) is 0 Å². The average molecular weight is 344 g/mol. The lowest BCUT2D eigenvalue weighted by Gasteiger charge is -2.26. The van der Waals surface area contributed by atoms with Gasteiger partial charge in [-0.25, -0.2) is 14.4 Å². The van der Waals surface area contributed by atoms with E-state index in [2.05, 4.69) is 5.32 Å². The number of alkyl carbamates (subject to hydrolysis) is 1. The Labute approximate surface area is 142 Å². The van der Waals surface area contributed by atoms with Crippen LogP contribution in [0.1, 0.15) is 48.0 Å². The lowest BCUT2D eigenvalue weighted by molar-refractivity contribution is -0.142. The average Bonchev–Trinajstić information content (AvgIpc) is 2.76. The minimum atomic E-state index is -1.08. The van der Waals surface area contributed by atoms with Gasteiger partial charge in [0.15, 0.2) is 0 Å². The molecule has 1 aliphatic heterocycles. The zero-order chi connectivity index (χ0) is 18.7. The van der Waals surface area contributed by atoms with Crippen molar-refractivity contribution in [2.24, 2.45) is 5.92 Å². The van der Waals surface area contributed by atoms with E-state index in [0.717, 1.165) is 0 Å². The van der Waals surface area contributed by atoms with Crippen LogP contribution in [0.15, 0.2) is 0 Å². The molecule has 1 rings (SSSR count). The molecule has 8 nitrogen and oxygen atoms in total. The van der Waals surface area contributed by atoms with Crippen LogP contribution in [0.3, 0.4) is 0 Å². The number of likely N-dealkylation sites (tertiary alicyclic amines) is 1. The minimum Gasteiger partial charge on any atom is -0.480 e. The summed E-state index contributed by atoms with van der Waals surface area (Å²) < 4.78 is 10.4. The summed E-state index contributed by atoms with van der Waals surface area (Å²) in [5, 5.41) is 11.9. The lowest BCUT2D eigenvalue weighted by Crippen LogP contribution is -2.43. The van der Waals surface area contributed by atoms with Crippen LogP contribution in [0.4, 0.5) is 9.59 Å². The zero-order valence-corrected chi connectivity index (χ0v) is 15.2. The largest absolute Gasteiger partial charge is 0.480 e. The van der Waals surface area contributed by atoms with E-state index in [1.807, 2.05) is 0 Å². The van der Waals surface area contributed by atoms with E-state index in [9.17, 15) is 19.5 Å². The first kappa shape index (κ1) is 20.1. The van der Waals surface area contributed by atoms with Crippen LogP contribution < -0.4 is 5.32 Å². The summed E-state index contributed by atoms with van der Waals surface area (Å²) in [5.41, 5.74) is -1.31. The second-order valence-corrected chi connectivity index (χ2v) is 7.97. The van der Waals surface area contributed by atoms with Gasteiger partial charge in [-0.3, -0.25) is 4.90 Å². The van der Waals surface area contributed by atoms with Gasteiger partial charge in [0.05, 0.1) is 0 Å². The quantitative estimate of drug-likeness (QED) is 0.813. The Bertz CT molecular complexity index is 492. The van der Waals surface area contributed by atoms with E-state index in [1.165, 1.54) is 4.90 Å². The number of carbonyl (C=O) groups is 3. The number of amides is 2. The highest BCUT2D eigenvalue weighted by molar-refractivity contribution is 5.81. The summed E-state index contributed by atoms with van der Waals surface area (Å²) in [7, 11) is 0. The Morgan fingerprint density at radius 3 is 2.08 bits per heavy atom. The second kappa shape index (κ2) is 7.27. The van der Waals surface area contributed by atoms with E-state index in [4.69, 9.17) is 9.47 Å². The molecule has 0 aromatic carbocycles. The molecule has 1 heterocycles. The number of carbonyl (C=O) groups excluding carboxylic acids is 2. The number of ether oxygens (including phenoxy) is 2. The van der Waals surface area contributed by atoms with Crippen LogP contribution in [0.25, 0.3) is 0 Å². The van der Waals surface area contributed by atoms with Crippen molar-refractivity contribution in [2.45, 2.75) is 65.2 Å². The minimum absolute atomic E-state index is 0.175. The molecule has 0 radical (unpaired) electrons. The fraction of sp³-hybridized carbons (Fsp3) is 0.812. The van der Waals surface area contributed by atoms with E-state index in [1.54, 1.807) is 41.5 Å². The van der Waals surface area contributed by atoms with Crippen LogP contribution in [0, 0.1) is 5.92 Å². The summed E-state index contributed by atoms with van der Waals surface area (Å²) in [6, 6.07) is -0.953. The molecule has 2 atom stereocenters. The molecule has 0 aromatic heterocycles. The maximum Gasteiger partial charge on any atom is 0.411 e. The van der Waals surface area contributed by atoms with E-state index in [0.29, 0.717) is 0 Å². The Hall–Kier alpha value is -1.99. The molecule has 8 heteroatoms. The van der Waals surface area contributed by atoms with Crippen molar-refractivity contribution in [2.75, 3.05) is 13.1 Å². The molecule has 1 fully saturated rings. The summed E-state index contributed by atoms with van der Waals surface area (Å²) in [5.74, 6) is -1.26. The molecule has 1 aliphatic rings. The number of hydrogen-bond acceptors (Lipinski definition) is 5. The number of carboxylic acids is 1. The van der Waals surface area contributed by atoms with Crippen LogP contribution in [-0.4, -0.2) is 58.5 Å². The van der Waals surface area contributed by atoms with Crippen molar-refractivity contribution >= 4 is 18.2 Å². The Kier molecular flexibility index (Phi) is 6.08. The smallest absolute Gasteiger partial charge is 0.411 e. The van der Waals surface area contributed by atoms with Gasteiger partial charge >= 0.3 is 18.2 Å². The van der Waals surface area contributed by atoms with Gasteiger partial charge in [-0.2, -0.15) is 0 Å². The number of carboxylic acid groups (broad SMARTS) is 1. The van der Waals surface area contributed by atoms with Crippen LogP contribution in [0.5, 0.6) is 0 Å². The molecule has 1 unspecified atom stereocenters. The lowest BCUT2D eigenvalue weighted by atomic mass is 10.1. The highest BCUT2D eigenvalue weighted by Gasteiger charge is 2.41. The van der Waals surface area contributed by atoms with Gasteiger partial charge < -0.3 is 19.9 Å². The van der Waals surface area contributed by atoms with Crippen molar-refractivity contribution in [3.8, 4) is 0 Å². The molecule has 0 saturated carbocycles. The molecule has 138 valence electrons. The molecule has 0 aliphatic carbocycles. The molecule has 24 heavy (non-hydrogen) atoms. The highest BCUT2D eigenvalue weighted by Crippen LogP contribution is 2.25. The Morgan fingerprint density at radius 2 is 1.62 bits per heavy atom. The number of nitrogens with zero attached hydrogens (tertiary/aromatic N) is 1. The summed E-state index contributed by atoms with van der Waals surface area (Å²) >= 11 is 0. The summed E-state index contributed by atoms with van der Waals surface area (Å²) in [6.45, 7) is 10.9. The van der Waals surface area contributed by atoms with Gasteiger partial charge in [0, 0.05) is 13.1 Å². The maximum atomic E-state index is 12.2. The summed E-state index contributed by atoms with van der Waals surface area (Å²) in [6.07, 6.45) is -0.968. The van der Waals surface area contributed by atoms with E-state index < -0.39 is 35.4 Å². The van der Waals surface area contributed by atoms with E-state index >= 15 is 0 Å². The maximum absolute atomic E-state index is 12.2. The molecule has 2 N–H and O–H groups in total. The van der Waals surface area contributed by atoms with Crippen molar-refractivity contribution < 1.29 is 29.0 Å². The first-order valence-corrected chi connectivity index (χ1v) is 7.98. The molecular formula is C16H28N2O6. The van der Waals surface area contributed by atoms with Gasteiger partial charge in [0.1, 0.15) is 17.2 Å². The van der Waals surface area contributed by atoms with Gasteiger partial charge in [-0.15, -0.1) is 0 Å². The predicted octanol–water partition coefficient (Wildman–Crippen LogP) is 2.22. The monoisotopic (exact) mass is 344 g/mol. The first-order chi connectivity index (χ1) is 10.8. The Balaban J connectivity index is 2.63. The van der Waals surface area contributed by atoms with Gasteiger partial charge in [-0.1, -0.05) is 0 Å². The molecule has 0 aromatic rings. The SMILES string of the molecule is CC(C)(C)OC(=O)NC[C@@H]1CC(C(=O)O)N(C(=O)OC(C)(C)C)C1. The molecular weight excluding hydrogens is 316 g/mol. The van der Waals surface area contributed by atoms with Gasteiger partial charge in [0.25, 0.3) is 0 Å². The number of aliphatic carboxylic acids is 1. The van der Waals surface area contributed by atoms with Crippen molar-refractivity contribution in [3.05, 3.63) is 0 Å². The standard InChI is InChI=1S/C16H28N2O6/c1-15(2,3)23-13(21)17-8-10-7-11(12(19)20)18(9-10)14(22)24-16(4,5)6/h10-11H,7-9H2,1-6H3,(H,17,21)(H,19,20)/t10-,11?/m0/s1. The normalized spacial score (nSPS) is 21.3. The van der Waals surface area contributed by atoms with Crippen LogP contribution in [0.2, 0.25) is 0 Å². The topological polar surface area (TPSA) is 105 Å². The molecule has 0 bridgehead atoms. The number of hydrogen-bond donors (Lipinski definition) is 2. The van der Waals surface area contributed by atoms with Gasteiger partial charge in [0.2, 0.25) is 0 Å². The molecule has 1 saturated heterocycles. The third kappa shape index (κ3) is 6.64. The highest BCUT2D eigenvalue weighted by atomic mass is 16.6. The fourth-order valence-electron chi connectivity index (χ4n) is 2.37. The number of rotatable bonds is 3. The second-order valence-electron chi connectivity index (χ2n) is 7.97. The van der Waals surface area contributed by atoms with E-state index in [-0.39, 0.29) is 25.4 Å². The third-order valence-electron chi connectivity index (χ3n) is 3.23. The third-order valence-corrected chi connectivity index (χ3v) is 3.23. The fourth-order valence-corrected chi connectivity index (χ4v) is 2.37. The van der Waals surface area contributed by atoms with Crippen molar-refractivity contribution in [3.63, 3.8) is 0 Å². The predicted molar refractivity (Wildman–Crippen MR) is 86.7 cm³/mol. The first-order valence-electron chi connectivity index (χ1n) is 7.98. The molecule has 0 spiro atoms. The van der Waals surface area contributed by atoms with Crippen LogP contribution >= 0.6 is 0 Å². The summed E-state index contributed by atoms with van der Waals surface area (Å²) in [4.78, 5) is 36.4. The molecule has 2 amide bonds. The van der Waals surface area contributed by atoms with Gasteiger partial charge in [-0.05, 0) is 53.9 Å². The number of nitrogens with one attached hydrogen (secondary N) is 1. The van der Waals surface area contributed by atoms with Crippen molar-refractivity contribution in [1.82, 2.24) is 10.2 Å².